The zero-order valence-electron chi connectivity index (χ0n) is 18.8. The number of hydrogen-bond acceptors (Lipinski definition) is 6. The molecular weight excluding hydrogens is 470 g/mol. The fourth-order valence-electron chi connectivity index (χ4n) is 4.02. The van der Waals surface area contributed by atoms with Gasteiger partial charge in [-0.15, -0.1) is 0 Å². The number of phenols is 1. The monoisotopic (exact) mass is 491 g/mol. The van der Waals surface area contributed by atoms with Crippen LogP contribution in [0.1, 0.15) is 29.7 Å². The lowest BCUT2D eigenvalue weighted by molar-refractivity contribution is -0.142. The number of Topliss-reactive ketones (excluding diaryl/α,β-unsaturated/α-hetero) is 1. The van der Waals surface area contributed by atoms with Crippen molar-refractivity contribution in [1.82, 2.24) is 0 Å². The van der Waals surface area contributed by atoms with Crippen molar-refractivity contribution >= 4 is 40.7 Å². The Morgan fingerprint density at radius 2 is 1.71 bits per heavy atom. The van der Waals surface area contributed by atoms with E-state index in [9.17, 15) is 24.6 Å². The second-order valence-electron chi connectivity index (χ2n) is 7.92. The lowest BCUT2D eigenvalue weighted by Crippen LogP contribution is -2.29. The molecule has 1 aliphatic rings. The lowest BCUT2D eigenvalue weighted by Gasteiger charge is -2.25. The first-order valence-corrected chi connectivity index (χ1v) is 11.3. The van der Waals surface area contributed by atoms with Crippen LogP contribution in [-0.2, 0) is 25.5 Å². The first-order chi connectivity index (χ1) is 16.8. The van der Waals surface area contributed by atoms with E-state index >= 15 is 0 Å². The van der Waals surface area contributed by atoms with Gasteiger partial charge < -0.3 is 14.9 Å². The average Bonchev–Trinajstić information content (AvgIpc) is 3.10. The topological polar surface area (TPSA) is 104 Å². The summed E-state index contributed by atoms with van der Waals surface area (Å²) in [6.07, 6.45) is 0.0725. The smallest absolute Gasteiger partial charge is 0.310 e. The Morgan fingerprint density at radius 1 is 1.03 bits per heavy atom. The predicted octanol–water partition coefficient (Wildman–Crippen LogP) is 4.78. The van der Waals surface area contributed by atoms with E-state index in [4.69, 9.17) is 16.3 Å². The largest absolute Gasteiger partial charge is 0.508 e. The number of aliphatic hydroxyl groups is 1. The first-order valence-electron chi connectivity index (χ1n) is 10.9. The molecule has 7 nitrogen and oxygen atoms in total. The van der Waals surface area contributed by atoms with E-state index in [2.05, 4.69) is 0 Å². The van der Waals surface area contributed by atoms with Crippen molar-refractivity contribution in [2.24, 2.45) is 0 Å². The number of hydrogen-bond donors (Lipinski definition) is 2. The van der Waals surface area contributed by atoms with Gasteiger partial charge in [0.25, 0.3) is 11.7 Å². The van der Waals surface area contributed by atoms with Crippen LogP contribution < -0.4 is 4.90 Å². The molecular formula is C27H22ClNO6. The van der Waals surface area contributed by atoms with Crippen molar-refractivity contribution in [3.63, 3.8) is 0 Å². The molecule has 0 saturated carbocycles. The number of carbonyl (C=O) groups is 3. The molecule has 1 atom stereocenters. The van der Waals surface area contributed by atoms with Crippen molar-refractivity contribution in [2.75, 3.05) is 11.5 Å². The molecule has 178 valence electrons. The predicted molar refractivity (Wildman–Crippen MR) is 131 cm³/mol. The average molecular weight is 492 g/mol. The molecule has 1 amide bonds. The maximum atomic E-state index is 13.2. The highest BCUT2D eigenvalue weighted by atomic mass is 35.5. The molecule has 1 fully saturated rings. The Labute approximate surface area is 206 Å². The van der Waals surface area contributed by atoms with Crippen LogP contribution in [-0.4, -0.2) is 34.5 Å². The molecule has 0 aliphatic carbocycles. The number of amides is 1. The molecule has 1 unspecified atom stereocenters. The maximum absolute atomic E-state index is 13.2. The lowest BCUT2D eigenvalue weighted by atomic mass is 9.95. The Morgan fingerprint density at radius 3 is 2.34 bits per heavy atom. The van der Waals surface area contributed by atoms with Crippen molar-refractivity contribution in [3.05, 3.63) is 100 Å². The van der Waals surface area contributed by atoms with Gasteiger partial charge >= 0.3 is 5.97 Å². The molecule has 0 radical (unpaired) electrons. The molecule has 0 spiro atoms. The number of benzene rings is 3. The highest BCUT2D eigenvalue weighted by Gasteiger charge is 2.47. The number of aromatic hydroxyl groups is 1. The van der Waals surface area contributed by atoms with E-state index < -0.39 is 17.7 Å². The minimum Gasteiger partial charge on any atom is -0.508 e. The van der Waals surface area contributed by atoms with E-state index in [1.54, 1.807) is 61.5 Å². The van der Waals surface area contributed by atoms with Gasteiger partial charge in [-0.05, 0) is 54.4 Å². The molecule has 1 saturated heterocycles. The molecule has 0 bridgehead atoms. The third-order valence-electron chi connectivity index (χ3n) is 5.62. The number of nitrogens with zero attached hydrogens (tertiary/aromatic N) is 1. The van der Waals surface area contributed by atoms with Crippen LogP contribution in [0.4, 0.5) is 5.69 Å². The van der Waals surface area contributed by atoms with Gasteiger partial charge in [0, 0.05) is 16.3 Å². The Hall–Kier alpha value is -4.10. The Kier molecular flexibility index (Phi) is 6.89. The molecule has 2 N–H and O–H groups in total. The van der Waals surface area contributed by atoms with Crippen LogP contribution in [0.2, 0.25) is 5.02 Å². The van der Waals surface area contributed by atoms with Crippen molar-refractivity contribution in [1.29, 1.82) is 0 Å². The van der Waals surface area contributed by atoms with Crippen LogP contribution in [0, 0.1) is 0 Å². The number of phenolic OH excluding ortho intramolecular Hbond substituents is 1. The summed E-state index contributed by atoms with van der Waals surface area (Å²) >= 11 is 6.07. The van der Waals surface area contributed by atoms with E-state index in [1.807, 2.05) is 0 Å². The molecule has 8 heteroatoms. The summed E-state index contributed by atoms with van der Waals surface area (Å²) in [5, 5.41) is 21.2. The van der Waals surface area contributed by atoms with Gasteiger partial charge in [0.15, 0.2) is 0 Å². The summed E-state index contributed by atoms with van der Waals surface area (Å²) in [6.45, 7) is 2.01. The van der Waals surface area contributed by atoms with Crippen LogP contribution in [0.3, 0.4) is 0 Å². The van der Waals surface area contributed by atoms with E-state index in [-0.39, 0.29) is 36.1 Å². The summed E-state index contributed by atoms with van der Waals surface area (Å²) in [5.41, 5.74) is 1.80. The number of rotatable bonds is 6. The van der Waals surface area contributed by atoms with Crippen LogP contribution in [0.15, 0.2) is 78.4 Å². The van der Waals surface area contributed by atoms with Crippen molar-refractivity contribution in [2.45, 2.75) is 19.4 Å². The SMILES string of the molecule is CCOC(=O)Cc1ccc(N2C(=O)C(=O)/C(=C(\O)c3cccc(Cl)c3)C2c2ccc(O)cc2)cc1. The summed E-state index contributed by atoms with van der Waals surface area (Å²) in [5.74, 6) is -2.37. The molecule has 3 aromatic rings. The van der Waals surface area contributed by atoms with Gasteiger partial charge in [0.2, 0.25) is 0 Å². The fourth-order valence-corrected chi connectivity index (χ4v) is 4.21. The summed E-state index contributed by atoms with van der Waals surface area (Å²) in [4.78, 5) is 39.5. The zero-order valence-corrected chi connectivity index (χ0v) is 19.5. The number of anilines is 1. The van der Waals surface area contributed by atoms with E-state index in [0.29, 0.717) is 27.4 Å². The van der Waals surface area contributed by atoms with Gasteiger partial charge in [0.05, 0.1) is 24.6 Å². The first kappa shape index (κ1) is 24.0. The van der Waals surface area contributed by atoms with Gasteiger partial charge in [-0.1, -0.05) is 48.0 Å². The summed E-state index contributed by atoms with van der Waals surface area (Å²) in [7, 11) is 0. The maximum Gasteiger partial charge on any atom is 0.310 e. The number of esters is 1. The third kappa shape index (κ3) is 4.90. The van der Waals surface area contributed by atoms with Crippen molar-refractivity contribution in [3.8, 4) is 5.75 Å². The zero-order chi connectivity index (χ0) is 25.1. The standard InChI is InChI=1S/C27H22ClNO6/c1-2-35-22(31)14-16-6-10-20(11-7-16)29-24(17-8-12-21(30)13-9-17)23(26(33)27(29)34)25(32)18-4-3-5-19(28)15-18/h3-13,15,24,30,32H,2,14H2,1H3/b25-23-. The van der Waals surface area contributed by atoms with Crippen LogP contribution in [0.5, 0.6) is 5.75 Å². The number of ketones is 1. The number of carbonyl (C=O) groups excluding carboxylic acids is 3. The Bertz CT molecular complexity index is 1310. The van der Waals surface area contributed by atoms with Crippen LogP contribution in [0.25, 0.3) is 5.76 Å². The Balaban J connectivity index is 1.81. The second-order valence-corrected chi connectivity index (χ2v) is 8.36. The highest BCUT2D eigenvalue weighted by Crippen LogP contribution is 2.42. The van der Waals surface area contributed by atoms with Gasteiger partial charge in [-0.2, -0.15) is 0 Å². The molecule has 3 aromatic carbocycles. The second kappa shape index (κ2) is 10.0. The summed E-state index contributed by atoms with van der Waals surface area (Å²) < 4.78 is 4.97. The number of ether oxygens (including phenoxy) is 1. The third-order valence-corrected chi connectivity index (χ3v) is 5.85. The van der Waals surface area contributed by atoms with Gasteiger partial charge in [0.1, 0.15) is 11.5 Å². The molecule has 1 aliphatic heterocycles. The van der Waals surface area contributed by atoms with E-state index in [0.717, 1.165) is 0 Å². The quantitative estimate of drug-likeness (QED) is 0.222. The van der Waals surface area contributed by atoms with Gasteiger partial charge in [-0.25, -0.2) is 0 Å². The molecule has 35 heavy (non-hydrogen) atoms. The highest BCUT2D eigenvalue weighted by molar-refractivity contribution is 6.51. The normalized spacial score (nSPS) is 17.0. The fraction of sp³-hybridized carbons (Fsp3) is 0.148. The van der Waals surface area contributed by atoms with E-state index in [1.165, 1.54) is 23.1 Å². The molecule has 4 rings (SSSR count). The summed E-state index contributed by atoms with van der Waals surface area (Å²) in [6, 6.07) is 18.1. The minimum atomic E-state index is -0.953. The van der Waals surface area contributed by atoms with Gasteiger partial charge in [-0.3, -0.25) is 19.3 Å². The van der Waals surface area contributed by atoms with Crippen molar-refractivity contribution < 1.29 is 29.3 Å². The molecule has 0 aromatic heterocycles. The number of halogens is 1. The molecule has 1 heterocycles. The number of aliphatic hydroxyl groups excluding tert-OH is 1. The minimum absolute atomic E-state index is 0.0175. The van der Waals surface area contributed by atoms with Crippen LogP contribution >= 0.6 is 11.6 Å².